The van der Waals surface area contributed by atoms with Crippen molar-refractivity contribution in [2.75, 3.05) is 0 Å². The van der Waals surface area contributed by atoms with E-state index in [1.807, 2.05) is 25.1 Å². The van der Waals surface area contributed by atoms with Gasteiger partial charge >= 0.3 is 0 Å². The minimum absolute atomic E-state index is 0.0341. The fourth-order valence-electron chi connectivity index (χ4n) is 3.26. The lowest BCUT2D eigenvalue weighted by molar-refractivity contribution is 0.618. The molecule has 0 bridgehead atoms. The van der Waals surface area contributed by atoms with Gasteiger partial charge in [0, 0.05) is 16.6 Å². The van der Waals surface area contributed by atoms with E-state index in [-0.39, 0.29) is 11.0 Å². The van der Waals surface area contributed by atoms with Gasteiger partial charge in [0.1, 0.15) is 5.69 Å². The van der Waals surface area contributed by atoms with Crippen molar-refractivity contribution in [2.24, 2.45) is 0 Å². The highest BCUT2D eigenvalue weighted by Crippen LogP contribution is 2.33. The van der Waals surface area contributed by atoms with Crippen LogP contribution in [0.3, 0.4) is 0 Å². The van der Waals surface area contributed by atoms with Crippen molar-refractivity contribution in [1.29, 1.82) is 0 Å². The molecule has 24 heavy (non-hydrogen) atoms. The van der Waals surface area contributed by atoms with Gasteiger partial charge in [0.25, 0.3) is 0 Å². The Morgan fingerprint density at radius 1 is 1.21 bits per heavy atom. The molecule has 0 fully saturated rings. The van der Waals surface area contributed by atoms with Crippen molar-refractivity contribution < 1.29 is 4.39 Å². The molecule has 0 radical (unpaired) electrons. The van der Waals surface area contributed by atoms with E-state index in [1.165, 1.54) is 11.1 Å². The van der Waals surface area contributed by atoms with Crippen LogP contribution in [-0.4, -0.2) is 15.0 Å². The van der Waals surface area contributed by atoms with Crippen molar-refractivity contribution in [3.8, 4) is 11.3 Å². The summed E-state index contributed by atoms with van der Waals surface area (Å²) in [5.74, 6) is -0.140. The maximum absolute atomic E-state index is 14.1. The maximum atomic E-state index is 14.1. The van der Waals surface area contributed by atoms with E-state index in [4.69, 9.17) is 16.6 Å². The van der Waals surface area contributed by atoms with E-state index in [0.29, 0.717) is 11.5 Å². The molecule has 5 heteroatoms. The number of hydrogen-bond donors (Lipinski definition) is 0. The molecule has 0 aliphatic carbocycles. The molecular weight excluding hydrogens is 325 g/mol. The Balaban J connectivity index is 2.33. The summed E-state index contributed by atoms with van der Waals surface area (Å²) in [4.78, 5) is 12.4. The molecule has 0 aliphatic heterocycles. The zero-order valence-electron chi connectivity index (χ0n) is 14.2. The number of aryl methyl sites for hydroxylation is 1. The summed E-state index contributed by atoms with van der Waals surface area (Å²) in [6.45, 7) is 8.52. The van der Waals surface area contributed by atoms with Crippen LogP contribution in [0.2, 0.25) is 5.28 Å². The SMILES string of the molecule is CCc1c(C)nc2ccc(-c3nc(Cl)ncc3F)cc2c1C(C)C. The van der Waals surface area contributed by atoms with Crippen LogP contribution in [0.4, 0.5) is 4.39 Å². The highest BCUT2D eigenvalue weighted by molar-refractivity contribution is 6.28. The van der Waals surface area contributed by atoms with E-state index in [2.05, 4.69) is 30.7 Å². The summed E-state index contributed by atoms with van der Waals surface area (Å²) in [7, 11) is 0. The van der Waals surface area contributed by atoms with Crippen LogP contribution >= 0.6 is 11.6 Å². The maximum Gasteiger partial charge on any atom is 0.223 e. The Kier molecular flexibility index (Phi) is 4.50. The van der Waals surface area contributed by atoms with Gasteiger partial charge in [0.15, 0.2) is 5.82 Å². The third-order valence-electron chi connectivity index (χ3n) is 4.26. The second-order valence-electron chi connectivity index (χ2n) is 6.17. The third-order valence-corrected chi connectivity index (χ3v) is 4.44. The average molecular weight is 344 g/mol. The van der Waals surface area contributed by atoms with Crippen molar-refractivity contribution in [1.82, 2.24) is 15.0 Å². The first-order valence-corrected chi connectivity index (χ1v) is 8.41. The molecule has 124 valence electrons. The number of fused-ring (bicyclic) bond motifs is 1. The van der Waals surface area contributed by atoms with Gasteiger partial charge in [0.05, 0.1) is 11.7 Å². The minimum atomic E-state index is -0.486. The van der Waals surface area contributed by atoms with Gasteiger partial charge in [-0.1, -0.05) is 26.8 Å². The summed E-state index contributed by atoms with van der Waals surface area (Å²) < 4.78 is 14.1. The quantitative estimate of drug-likeness (QED) is 0.591. The van der Waals surface area contributed by atoms with Crippen LogP contribution in [0.15, 0.2) is 24.4 Å². The fourth-order valence-corrected chi connectivity index (χ4v) is 3.39. The zero-order chi connectivity index (χ0) is 17.4. The van der Waals surface area contributed by atoms with Crippen LogP contribution < -0.4 is 0 Å². The summed E-state index contributed by atoms with van der Waals surface area (Å²) in [6, 6.07) is 5.70. The molecule has 3 aromatic rings. The first-order valence-electron chi connectivity index (χ1n) is 8.03. The lowest BCUT2D eigenvalue weighted by atomic mass is 9.90. The molecule has 3 nitrogen and oxygen atoms in total. The molecule has 2 aromatic heterocycles. The third kappa shape index (κ3) is 2.86. The second-order valence-corrected chi connectivity index (χ2v) is 6.50. The van der Waals surface area contributed by atoms with E-state index in [1.54, 1.807) is 0 Å². The molecular formula is C19H19ClFN3. The van der Waals surface area contributed by atoms with Crippen LogP contribution in [0.25, 0.3) is 22.2 Å². The molecule has 0 amide bonds. The van der Waals surface area contributed by atoms with Gasteiger partial charge in [0.2, 0.25) is 5.28 Å². The van der Waals surface area contributed by atoms with Crippen molar-refractivity contribution in [3.05, 3.63) is 52.3 Å². The van der Waals surface area contributed by atoms with Gasteiger partial charge in [-0.25, -0.2) is 14.4 Å². The van der Waals surface area contributed by atoms with Crippen LogP contribution in [0.5, 0.6) is 0 Å². The number of aromatic nitrogens is 3. The molecule has 2 heterocycles. The molecule has 3 rings (SSSR count). The van der Waals surface area contributed by atoms with E-state index in [9.17, 15) is 4.39 Å². The molecule has 0 unspecified atom stereocenters. The van der Waals surface area contributed by atoms with Gasteiger partial charge < -0.3 is 0 Å². The normalized spacial score (nSPS) is 11.5. The molecule has 0 atom stereocenters. The minimum Gasteiger partial charge on any atom is -0.253 e. The first-order chi connectivity index (χ1) is 11.4. The average Bonchev–Trinajstić information content (AvgIpc) is 2.55. The Morgan fingerprint density at radius 2 is 1.96 bits per heavy atom. The van der Waals surface area contributed by atoms with Gasteiger partial charge in [-0.2, -0.15) is 0 Å². The van der Waals surface area contributed by atoms with Crippen LogP contribution in [0.1, 0.15) is 43.5 Å². The standard InChI is InChI=1S/C19H19ClFN3/c1-5-13-11(4)23-16-7-6-12(8-14(16)17(13)10(2)3)18-15(21)9-22-19(20)24-18/h6-10H,5H2,1-4H3. The number of halogens is 2. The predicted molar refractivity (Wildman–Crippen MR) is 95.9 cm³/mol. The van der Waals surface area contributed by atoms with Gasteiger partial charge in [-0.05, 0) is 54.1 Å². The number of rotatable bonds is 3. The lowest BCUT2D eigenvalue weighted by Crippen LogP contribution is -2.03. The first kappa shape index (κ1) is 16.8. The Morgan fingerprint density at radius 3 is 2.62 bits per heavy atom. The number of hydrogen-bond acceptors (Lipinski definition) is 3. The van der Waals surface area contributed by atoms with Crippen molar-refractivity contribution in [3.63, 3.8) is 0 Å². The van der Waals surface area contributed by atoms with Gasteiger partial charge in [-0.3, -0.25) is 4.98 Å². The molecule has 1 aromatic carbocycles. The number of nitrogens with zero attached hydrogens (tertiary/aromatic N) is 3. The predicted octanol–water partition coefficient (Wildman–Crippen LogP) is 5.48. The Hall–Kier alpha value is -2.07. The summed E-state index contributed by atoms with van der Waals surface area (Å²) in [5, 5.41) is 1.07. The lowest BCUT2D eigenvalue weighted by Gasteiger charge is -2.18. The monoisotopic (exact) mass is 343 g/mol. The summed E-state index contributed by atoms with van der Waals surface area (Å²) in [6.07, 6.45) is 2.02. The Labute approximate surface area is 145 Å². The Bertz CT molecular complexity index is 922. The molecule has 0 saturated heterocycles. The van der Waals surface area contributed by atoms with E-state index >= 15 is 0 Å². The van der Waals surface area contributed by atoms with Crippen molar-refractivity contribution in [2.45, 2.75) is 40.0 Å². The summed E-state index contributed by atoms with van der Waals surface area (Å²) in [5.41, 5.74) is 5.39. The van der Waals surface area contributed by atoms with Crippen molar-refractivity contribution >= 4 is 22.5 Å². The van der Waals surface area contributed by atoms with Crippen LogP contribution in [0, 0.1) is 12.7 Å². The molecule has 0 aliphatic rings. The number of pyridine rings is 1. The van der Waals surface area contributed by atoms with Crippen LogP contribution in [-0.2, 0) is 6.42 Å². The molecule has 0 saturated carbocycles. The number of benzene rings is 1. The largest absolute Gasteiger partial charge is 0.253 e. The van der Waals surface area contributed by atoms with Gasteiger partial charge in [-0.15, -0.1) is 0 Å². The van der Waals surface area contributed by atoms with E-state index in [0.717, 1.165) is 29.2 Å². The molecule has 0 spiro atoms. The smallest absolute Gasteiger partial charge is 0.223 e. The summed E-state index contributed by atoms with van der Waals surface area (Å²) >= 11 is 5.83. The highest BCUT2D eigenvalue weighted by atomic mass is 35.5. The second kappa shape index (κ2) is 6.44. The fraction of sp³-hybridized carbons (Fsp3) is 0.316. The topological polar surface area (TPSA) is 38.7 Å². The zero-order valence-corrected chi connectivity index (χ0v) is 14.9. The van der Waals surface area contributed by atoms with E-state index < -0.39 is 5.82 Å². The molecule has 0 N–H and O–H groups in total. The highest BCUT2D eigenvalue weighted by Gasteiger charge is 2.16.